The number of hydrogen-bond acceptors (Lipinski definition) is 4. The maximum atomic E-state index is 13.3. The molecule has 0 unspecified atom stereocenters. The number of amides is 1. The fraction of sp³-hybridized carbons (Fsp3) is 0.429. The molecule has 5 nitrogen and oxygen atoms in total. The van der Waals surface area contributed by atoms with Crippen LogP contribution in [0.5, 0.6) is 0 Å². The molecule has 0 radical (unpaired) electrons. The van der Waals surface area contributed by atoms with Crippen molar-refractivity contribution < 1.29 is 9.18 Å². The number of hydrogen-bond donors (Lipinski definition) is 0. The second kappa shape index (κ2) is 9.06. The number of carbonyl (C=O) groups excluding carboxylic acids is 1. The van der Waals surface area contributed by atoms with Crippen LogP contribution in [0.1, 0.15) is 23.6 Å². The number of nitrogens with zero attached hydrogens (tertiary/aromatic N) is 4. The summed E-state index contributed by atoms with van der Waals surface area (Å²) in [7, 11) is 3.78. The van der Waals surface area contributed by atoms with Gasteiger partial charge < -0.3 is 4.90 Å². The summed E-state index contributed by atoms with van der Waals surface area (Å²) in [4.78, 5) is 23.5. The lowest BCUT2D eigenvalue weighted by Crippen LogP contribution is -2.42. The number of rotatable bonds is 5. The molecule has 0 aliphatic carbocycles. The Morgan fingerprint density at radius 1 is 1.07 bits per heavy atom. The average Bonchev–Trinajstić information content (AvgIpc) is 2.90. The largest absolute Gasteiger partial charge is 0.340 e. The van der Waals surface area contributed by atoms with E-state index in [1.54, 1.807) is 12.1 Å². The van der Waals surface area contributed by atoms with Crippen LogP contribution in [0.2, 0.25) is 0 Å². The highest BCUT2D eigenvalue weighted by Crippen LogP contribution is 2.22. The van der Waals surface area contributed by atoms with Gasteiger partial charge in [0.15, 0.2) is 0 Å². The molecule has 1 aromatic heterocycles. The van der Waals surface area contributed by atoms with Crippen LogP contribution < -0.4 is 0 Å². The molecule has 1 saturated heterocycles. The van der Waals surface area contributed by atoms with E-state index >= 15 is 0 Å². The second-order valence-corrected chi connectivity index (χ2v) is 7.23. The summed E-state index contributed by atoms with van der Waals surface area (Å²) >= 11 is 0. The van der Waals surface area contributed by atoms with Gasteiger partial charge in [-0.3, -0.25) is 19.6 Å². The molecule has 144 valence electrons. The molecule has 0 N–H and O–H groups in total. The minimum absolute atomic E-state index is 0.0809. The zero-order valence-electron chi connectivity index (χ0n) is 16.0. The molecular weight excluding hydrogens is 343 g/mol. The number of halogens is 1. The van der Waals surface area contributed by atoms with E-state index in [-0.39, 0.29) is 11.7 Å². The molecule has 1 fully saturated rings. The number of benzene rings is 1. The number of pyridine rings is 1. The minimum Gasteiger partial charge on any atom is -0.340 e. The minimum atomic E-state index is -0.391. The molecule has 0 spiro atoms. The van der Waals surface area contributed by atoms with E-state index in [0.29, 0.717) is 6.54 Å². The zero-order chi connectivity index (χ0) is 19.2. The summed E-state index contributed by atoms with van der Waals surface area (Å²) in [6.45, 7) is 4.14. The van der Waals surface area contributed by atoms with Gasteiger partial charge >= 0.3 is 0 Å². The van der Waals surface area contributed by atoms with Crippen molar-refractivity contribution in [2.45, 2.75) is 19.0 Å². The van der Waals surface area contributed by atoms with E-state index in [1.165, 1.54) is 17.7 Å². The third kappa shape index (κ3) is 5.11. The Balaban J connectivity index is 1.66. The van der Waals surface area contributed by atoms with Crippen molar-refractivity contribution in [3.63, 3.8) is 0 Å². The van der Waals surface area contributed by atoms with Gasteiger partial charge in [-0.2, -0.15) is 0 Å². The predicted octanol–water partition coefficient (Wildman–Crippen LogP) is 2.56. The zero-order valence-corrected chi connectivity index (χ0v) is 16.0. The topological polar surface area (TPSA) is 39.7 Å². The Morgan fingerprint density at radius 2 is 1.78 bits per heavy atom. The van der Waals surface area contributed by atoms with Crippen LogP contribution in [0.15, 0.2) is 48.8 Å². The summed E-state index contributed by atoms with van der Waals surface area (Å²) in [5, 5.41) is 0. The van der Waals surface area contributed by atoms with Crippen LogP contribution >= 0.6 is 0 Å². The van der Waals surface area contributed by atoms with E-state index < -0.39 is 6.04 Å². The first-order valence-electron chi connectivity index (χ1n) is 9.36. The summed E-state index contributed by atoms with van der Waals surface area (Å²) in [6.07, 6.45) is 4.57. The maximum Gasteiger partial charge on any atom is 0.244 e. The molecule has 1 aromatic carbocycles. The SMILES string of the molecule is CN(C)[C@H](C(=O)N1CCCN(Cc2ccncc2)CC1)c1ccc(F)cc1. The molecular formula is C21H27FN4O. The fourth-order valence-electron chi connectivity index (χ4n) is 3.58. The summed E-state index contributed by atoms with van der Waals surface area (Å²) in [6, 6.07) is 9.90. The molecule has 2 heterocycles. The maximum absolute atomic E-state index is 13.3. The molecule has 6 heteroatoms. The van der Waals surface area contributed by atoms with Crippen molar-refractivity contribution in [3.8, 4) is 0 Å². The third-order valence-corrected chi connectivity index (χ3v) is 4.99. The van der Waals surface area contributed by atoms with E-state index in [4.69, 9.17) is 0 Å². The Morgan fingerprint density at radius 3 is 2.44 bits per heavy atom. The van der Waals surface area contributed by atoms with Gasteiger partial charge in [-0.25, -0.2) is 4.39 Å². The Labute approximate surface area is 160 Å². The highest BCUT2D eigenvalue weighted by atomic mass is 19.1. The highest BCUT2D eigenvalue weighted by Gasteiger charge is 2.29. The monoisotopic (exact) mass is 370 g/mol. The molecule has 0 saturated carbocycles. The van der Waals surface area contributed by atoms with E-state index in [9.17, 15) is 9.18 Å². The molecule has 1 atom stereocenters. The highest BCUT2D eigenvalue weighted by molar-refractivity contribution is 5.83. The Kier molecular flexibility index (Phi) is 6.53. The van der Waals surface area contributed by atoms with Crippen molar-refractivity contribution in [2.75, 3.05) is 40.3 Å². The number of aromatic nitrogens is 1. The third-order valence-electron chi connectivity index (χ3n) is 4.99. The summed E-state index contributed by atoms with van der Waals surface area (Å²) in [5.41, 5.74) is 2.06. The lowest BCUT2D eigenvalue weighted by atomic mass is 10.0. The van der Waals surface area contributed by atoms with Gasteiger partial charge in [0, 0.05) is 45.1 Å². The molecule has 1 aliphatic heterocycles. The molecule has 2 aromatic rings. The number of likely N-dealkylation sites (N-methyl/N-ethyl adjacent to an activating group) is 1. The van der Waals surface area contributed by atoms with Crippen LogP contribution in [0.25, 0.3) is 0 Å². The molecule has 1 amide bonds. The van der Waals surface area contributed by atoms with Crippen LogP contribution in [-0.2, 0) is 11.3 Å². The Bertz CT molecular complexity index is 736. The van der Waals surface area contributed by atoms with Crippen molar-refractivity contribution in [3.05, 3.63) is 65.7 Å². The normalized spacial score (nSPS) is 17.0. The summed E-state index contributed by atoms with van der Waals surface area (Å²) < 4.78 is 13.3. The Hall–Kier alpha value is -2.31. The van der Waals surface area contributed by atoms with Crippen LogP contribution in [-0.4, -0.2) is 65.9 Å². The first kappa shape index (κ1) is 19.5. The van der Waals surface area contributed by atoms with E-state index in [2.05, 4.69) is 9.88 Å². The molecule has 27 heavy (non-hydrogen) atoms. The smallest absolute Gasteiger partial charge is 0.244 e. The van der Waals surface area contributed by atoms with Gasteiger partial charge in [-0.05, 0) is 55.9 Å². The lowest BCUT2D eigenvalue weighted by Gasteiger charge is -2.30. The van der Waals surface area contributed by atoms with E-state index in [1.807, 2.05) is 48.4 Å². The van der Waals surface area contributed by atoms with Crippen LogP contribution in [0.3, 0.4) is 0 Å². The summed E-state index contributed by atoms with van der Waals surface area (Å²) in [5.74, 6) is -0.206. The standard InChI is InChI=1S/C21H27FN4O/c1-24(2)20(18-4-6-19(22)7-5-18)21(27)26-13-3-12-25(14-15-26)16-17-8-10-23-11-9-17/h4-11,20H,3,12-16H2,1-2H3/t20-/m0/s1. The van der Waals surface area contributed by atoms with Crippen LogP contribution in [0, 0.1) is 5.82 Å². The van der Waals surface area contributed by atoms with Crippen molar-refractivity contribution in [2.24, 2.45) is 0 Å². The van der Waals surface area contributed by atoms with E-state index in [0.717, 1.165) is 38.2 Å². The van der Waals surface area contributed by atoms with Gasteiger partial charge in [-0.1, -0.05) is 12.1 Å². The second-order valence-electron chi connectivity index (χ2n) is 7.23. The lowest BCUT2D eigenvalue weighted by molar-refractivity contribution is -0.136. The van der Waals surface area contributed by atoms with Crippen molar-refractivity contribution in [1.82, 2.24) is 19.7 Å². The van der Waals surface area contributed by atoms with Gasteiger partial charge in [0.25, 0.3) is 0 Å². The van der Waals surface area contributed by atoms with Crippen LogP contribution in [0.4, 0.5) is 4.39 Å². The molecule has 3 rings (SSSR count). The first-order valence-corrected chi connectivity index (χ1v) is 9.36. The van der Waals surface area contributed by atoms with Gasteiger partial charge in [0.05, 0.1) is 0 Å². The molecule has 0 bridgehead atoms. The fourth-order valence-corrected chi connectivity index (χ4v) is 3.58. The number of carbonyl (C=O) groups is 1. The first-order chi connectivity index (χ1) is 13.0. The van der Waals surface area contributed by atoms with Crippen molar-refractivity contribution >= 4 is 5.91 Å². The van der Waals surface area contributed by atoms with Gasteiger partial charge in [0.2, 0.25) is 5.91 Å². The van der Waals surface area contributed by atoms with Gasteiger partial charge in [-0.15, -0.1) is 0 Å². The average molecular weight is 370 g/mol. The predicted molar refractivity (Wildman–Crippen MR) is 104 cm³/mol. The quantitative estimate of drug-likeness (QED) is 0.811. The van der Waals surface area contributed by atoms with Gasteiger partial charge in [0.1, 0.15) is 11.9 Å². The van der Waals surface area contributed by atoms with Crippen molar-refractivity contribution in [1.29, 1.82) is 0 Å². The molecule has 1 aliphatic rings.